The second-order valence-electron chi connectivity index (χ2n) is 11.5. The van der Waals surface area contributed by atoms with Gasteiger partial charge in [0, 0.05) is 33.6 Å². The molecule has 15 nitrogen and oxygen atoms in total. The number of aliphatic imine (C=N–C) groups is 2. The number of hydrogen-bond acceptors (Lipinski definition) is 9. The van der Waals surface area contributed by atoms with Crippen LogP contribution in [0.3, 0.4) is 0 Å². The minimum atomic E-state index is -4.57. The third-order valence-electron chi connectivity index (χ3n) is 7.91. The topological polar surface area (TPSA) is 249 Å². The molecule has 2 unspecified atom stereocenters. The highest BCUT2D eigenvalue weighted by molar-refractivity contribution is 7.86. The molecule has 0 heterocycles. The van der Waals surface area contributed by atoms with Crippen LogP contribution in [0.4, 0.5) is 16.2 Å². The summed E-state index contributed by atoms with van der Waals surface area (Å²) in [7, 11) is -9.14. The number of hydrogen-bond donors (Lipinski definition) is 6. The van der Waals surface area contributed by atoms with Crippen molar-refractivity contribution < 1.29 is 50.5 Å². The molecule has 0 aliphatic heterocycles. The van der Waals surface area contributed by atoms with Crippen molar-refractivity contribution in [1.29, 1.82) is 0 Å². The number of nitrogens with one attached hydrogen (secondary N) is 2. The van der Waals surface area contributed by atoms with Crippen molar-refractivity contribution in [3.8, 4) is 11.5 Å². The molecular weight excluding hydrogens is 717 g/mol. The Morgan fingerprint density at radius 3 is 1.37 bits per heavy atom. The molecule has 2 aliphatic carbocycles. The van der Waals surface area contributed by atoms with Gasteiger partial charge in [-0.2, -0.15) is 16.8 Å². The van der Waals surface area contributed by atoms with E-state index in [9.17, 15) is 50.5 Å². The van der Waals surface area contributed by atoms with E-state index in [-0.39, 0.29) is 67.7 Å². The van der Waals surface area contributed by atoms with Crippen molar-refractivity contribution in [2.24, 2.45) is 9.98 Å². The van der Waals surface area contributed by atoms with Crippen LogP contribution in [0.5, 0.6) is 11.5 Å². The first-order chi connectivity index (χ1) is 24.6. The smallest absolute Gasteiger partial charge is 0.323 e. The standard InChI is InChI=1S/C35H26N4O11S2/c40-23-7-9-25-27(17-23)31(51(45,46)47)13-11-29(25)38-33(42)19-3-1-5-21(15-19)36-35(44)37-22-6-2-4-20(16-22)34(43)39-30-12-14-32(52(48,49)50)28-18-24(41)8-10-26(28)30/h1-18,31-32,40-41H,(H2,36,37,44)(H,45,46,47)(H,48,49,50). The molecule has 6 N–H and O–H groups in total. The van der Waals surface area contributed by atoms with Crippen molar-refractivity contribution >= 4 is 60.9 Å². The number of nitrogens with zero attached hydrogens (tertiary/aromatic N) is 2. The highest BCUT2D eigenvalue weighted by atomic mass is 32.2. The summed E-state index contributed by atoms with van der Waals surface area (Å²) in [5.74, 6) is -1.97. The summed E-state index contributed by atoms with van der Waals surface area (Å²) in [4.78, 5) is 47.3. The number of urea groups is 1. The van der Waals surface area contributed by atoms with Crippen molar-refractivity contribution in [2.45, 2.75) is 10.5 Å². The Morgan fingerprint density at radius 2 is 0.981 bits per heavy atom. The molecule has 17 heteroatoms. The zero-order valence-corrected chi connectivity index (χ0v) is 28.0. The number of aromatic hydroxyl groups is 2. The number of rotatable bonds is 6. The van der Waals surface area contributed by atoms with E-state index in [4.69, 9.17) is 0 Å². The molecule has 0 saturated carbocycles. The lowest BCUT2D eigenvalue weighted by atomic mass is 9.94. The zero-order valence-electron chi connectivity index (χ0n) is 26.4. The number of carbonyl (C=O) groups is 3. The van der Waals surface area contributed by atoms with Crippen LogP contribution in [-0.4, -0.2) is 65.4 Å². The molecule has 52 heavy (non-hydrogen) atoms. The maximum atomic E-state index is 13.1. The summed E-state index contributed by atoms with van der Waals surface area (Å²) >= 11 is 0. The molecule has 0 bridgehead atoms. The molecule has 0 fully saturated rings. The molecule has 2 aliphatic rings. The normalized spacial score (nSPS) is 18.0. The Morgan fingerprint density at radius 1 is 0.577 bits per heavy atom. The number of carbonyl (C=O) groups excluding carboxylic acids is 3. The van der Waals surface area contributed by atoms with Crippen LogP contribution < -0.4 is 10.6 Å². The second-order valence-corrected chi connectivity index (χ2v) is 14.6. The molecule has 0 aromatic heterocycles. The molecule has 264 valence electrons. The monoisotopic (exact) mass is 742 g/mol. The Bertz CT molecular complexity index is 2350. The van der Waals surface area contributed by atoms with Crippen molar-refractivity contribution in [2.75, 3.05) is 10.6 Å². The number of phenols is 2. The molecule has 4 aromatic rings. The summed E-state index contributed by atoms with van der Waals surface area (Å²) in [5, 5.41) is 22.0. The van der Waals surface area contributed by atoms with Gasteiger partial charge in [-0.1, -0.05) is 24.3 Å². The molecule has 4 aromatic carbocycles. The van der Waals surface area contributed by atoms with Gasteiger partial charge in [-0.25, -0.2) is 14.8 Å². The number of allylic oxidation sites excluding steroid dienone is 2. The third kappa shape index (κ3) is 7.72. The van der Waals surface area contributed by atoms with E-state index in [2.05, 4.69) is 20.6 Å². The number of benzene rings is 4. The van der Waals surface area contributed by atoms with Gasteiger partial charge >= 0.3 is 6.03 Å². The Kier molecular flexibility index (Phi) is 9.44. The molecule has 0 radical (unpaired) electrons. The number of fused-ring (bicyclic) bond motifs is 2. The predicted octanol–water partition coefficient (Wildman–Crippen LogP) is 5.00. The van der Waals surface area contributed by atoms with Crippen molar-refractivity contribution in [1.82, 2.24) is 0 Å². The van der Waals surface area contributed by atoms with Crippen LogP contribution in [-0.2, 0) is 20.2 Å². The second kappa shape index (κ2) is 13.8. The van der Waals surface area contributed by atoms with Crippen LogP contribution >= 0.6 is 0 Å². The SMILES string of the molecule is O=C(Nc1cccc(C(=O)N=C2C=CC(S(=O)(=O)O)c3cc(O)ccc32)c1)Nc1cccc(C(=O)N=C2C=CC(S(=O)(=O)O)c3cc(O)ccc32)c1. The average Bonchev–Trinajstić information content (AvgIpc) is 3.07. The minimum Gasteiger partial charge on any atom is -0.508 e. The summed E-state index contributed by atoms with van der Waals surface area (Å²) in [6.07, 6.45) is 4.82. The molecule has 2 atom stereocenters. The maximum Gasteiger partial charge on any atom is 0.323 e. The fourth-order valence-electron chi connectivity index (χ4n) is 5.60. The lowest BCUT2D eigenvalue weighted by Gasteiger charge is -2.19. The zero-order chi connectivity index (χ0) is 37.4. The van der Waals surface area contributed by atoms with E-state index in [1.54, 1.807) is 0 Å². The lowest BCUT2D eigenvalue weighted by Crippen LogP contribution is -2.20. The van der Waals surface area contributed by atoms with Crippen molar-refractivity contribution in [3.05, 3.63) is 143 Å². The number of phenolic OH excluding ortho intramolecular Hbond substituents is 2. The highest BCUT2D eigenvalue weighted by Crippen LogP contribution is 2.35. The van der Waals surface area contributed by atoms with Gasteiger partial charge in [-0.3, -0.25) is 18.7 Å². The van der Waals surface area contributed by atoms with E-state index in [0.29, 0.717) is 0 Å². The lowest BCUT2D eigenvalue weighted by molar-refractivity contribution is 0.0995. The number of anilines is 2. The summed E-state index contributed by atoms with van der Waals surface area (Å²) in [5.41, 5.74) is 1.21. The predicted molar refractivity (Wildman–Crippen MR) is 190 cm³/mol. The molecule has 6 rings (SSSR count). The van der Waals surface area contributed by atoms with Gasteiger partial charge in [-0.15, -0.1) is 0 Å². The van der Waals surface area contributed by atoms with Gasteiger partial charge < -0.3 is 20.8 Å². The molecule has 4 amide bonds. The van der Waals surface area contributed by atoms with Gasteiger partial charge in [0.25, 0.3) is 32.1 Å². The van der Waals surface area contributed by atoms with Crippen LogP contribution in [0, 0.1) is 0 Å². The van der Waals surface area contributed by atoms with Crippen LogP contribution in [0.2, 0.25) is 0 Å². The first kappa shape index (κ1) is 35.6. The Labute approximate surface area is 295 Å². The van der Waals surface area contributed by atoms with Gasteiger partial charge in [0.1, 0.15) is 22.0 Å². The minimum absolute atomic E-state index is 0.0351. The summed E-state index contributed by atoms with van der Waals surface area (Å²) in [6, 6.07) is 18.5. The third-order valence-corrected chi connectivity index (χ3v) is 10.0. The summed E-state index contributed by atoms with van der Waals surface area (Å²) in [6.45, 7) is 0. The van der Waals surface area contributed by atoms with Crippen LogP contribution in [0.25, 0.3) is 0 Å². The van der Waals surface area contributed by atoms with E-state index < -0.39 is 48.6 Å². The molecule has 0 saturated heterocycles. The fourth-order valence-corrected chi connectivity index (χ4v) is 7.18. The van der Waals surface area contributed by atoms with Gasteiger partial charge in [-0.05, 0) is 96.1 Å². The average molecular weight is 743 g/mol. The van der Waals surface area contributed by atoms with Crippen LogP contribution in [0.15, 0.2) is 119 Å². The molecule has 0 spiro atoms. The van der Waals surface area contributed by atoms with E-state index in [1.807, 2.05) is 0 Å². The summed E-state index contributed by atoms with van der Waals surface area (Å²) < 4.78 is 66.8. The van der Waals surface area contributed by atoms with Crippen molar-refractivity contribution in [3.63, 3.8) is 0 Å². The quantitative estimate of drug-likeness (QED) is 0.143. The fraction of sp³-hybridized carbons (Fsp3) is 0.0571. The number of amides is 4. The first-order valence-electron chi connectivity index (χ1n) is 15.1. The van der Waals surface area contributed by atoms with Gasteiger partial charge in [0.15, 0.2) is 0 Å². The Balaban J connectivity index is 1.16. The van der Waals surface area contributed by atoms with Gasteiger partial charge in [0.05, 0.1) is 11.4 Å². The Hall–Kier alpha value is -6.27. The van der Waals surface area contributed by atoms with E-state index in [1.165, 1.54) is 84.9 Å². The molecular formula is C35H26N4O11S2. The highest BCUT2D eigenvalue weighted by Gasteiger charge is 2.31. The first-order valence-corrected chi connectivity index (χ1v) is 18.1. The van der Waals surface area contributed by atoms with E-state index >= 15 is 0 Å². The van der Waals surface area contributed by atoms with Gasteiger partial charge in [0.2, 0.25) is 0 Å². The van der Waals surface area contributed by atoms with Crippen LogP contribution in [0.1, 0.15) is 53.5 Å². The maximum absolute atomic E-state index is 13.1. The largest absolute Gasteiger partial charge is 0.508 e. The van der Waals surface area contributed by atoms with E-state index in [0.717, 1.165) is 24.3 Å².